The summed E-state index contributed by atoms with van der Waals surface area (Å²) < 4.78 is 1.99. The summed E-state index contributed by atoms with van der Waals surface area (Å²) in [5.41, 5.74) is 1.31. The van der Waals surface area contributed by atoms with Crippen molar-refractivity contribution in [3.8, 4) is 0 Å². The Labute approximate surface area is 98.2 Å². The Bertz CT molecular complexity index is 311. The van der Waals surface area contributed by atoms with Gasteiger partial charge in [0.1, 0.15) is 0 Å². The first-order valence-corrected chi connectivity index (χ1v) is 6.52. The quantitative estimate of drug-likeness (QED) is 0.847. The van der Waals surface area contributed by atoms with Crippen LogP contribution in [0.2, 0.25) is 0 Å². The first kappa shape index (κ1) is 11.6. The van der Waals surface area contributed by atoms with E-state index in [0.717, 1.165) is 25.0 Å². The Morgan fingerprint density at radius 3 is 2.75 bits per heavy atom. The maximum absolute atomic E-state index is 4.29. The van der Waals surface area contributed by atoms with E-state index < -0.39 is 0 Å². The highest BCUT2D eigenvalue weighted by molar-refractivity contribution is 5.03. The number of aryl methyl sites for hydroxylation is 1. The minimum absolute atomic E-state index is 0.723. The Morgan fingerprint density at radius 1 is 1.38 bits per heavy atom. The molecule has 1 heterocycles. The second-order valence-corrected chi connectivity index (χ2v) is 5.04. The highest BCUT2D eigenvalue weighted by atomic mass is 15.3. The largest absolute Gasteiger partial charge is 0.310 e. The summed E-state index contributed by atoms with van der Waals surface area (Å²) in [6, 6.07) is 0.723. The van der Waals surface area contributed by atoms with Crippen LogP contribution in [0, 0.1) is 5.92 Å². The molecule has 0 aliphatic heterocycles. The summed E-state index contributed by atoms with van der Waals surface area (Å²) in [5.74, 6) is 0.931. The van der Waals surface area contributed by atoms with Crippen LogP contribution in [0.1, 0.15) is 45.1 Å². The SMILES string of the molecule is CCn1cc(CNC2CCC(C)CC2)cn1. The molecule has 0 bridgehead atoms. The molecule has 1 saturated carbocycles. The fourth-order valence-corrected chi connectivity index (χ4v) is 2.40. The van der Waals surface area contributed by atoms with Crippen LogP contribution in [0.3, 0.4) is 0 Å². The molecule has 2 rings (SSSR count). The molecule has 3 heteroatoms. The van der Waals surface area contributed by atoms with Crippen LogP contribution in [0.5, 0.6) is 0 Å². The highest BCUT2D eigenvalue weighted by Gasteiger charge is 2.17. The minimum atomic E-state index is 0.723. The van der Waals surface area contributed by atoms with Crippen LogP contribution in [0.15, 0.2) is 12.4 Å². The van der Waals surface area contributed by atoms with Crippen LogP contribution in [0.25, 0.3) is 0 Å². The summed E-state index contributed by atoms with van der Waals surface area (Å²) in [4.78, 5) is 0. The van der Waals surface area contributed by atoms with E-state index in [9.17, 15) is 0 Å². The number of rotatable bonds is 4. The fraction of sp³-hybridized carbons (Fsp3) is 0.769. The lowest BCUT2D eigenvalue weighted by molar-refractivity contribution is 0.306. The van der Waals surface area contributed by atoms with Crippen molar-refractivity contribution in [2.75, 3.05) is 0 Å². The van der Waals surface area contributed by atoms with Crippen LogP contribution in [-0.4, -0.2) is 15.8 Å². The summed E-state index contributed by atoms with van der Waals surface area (Å²) in [7, 11) is 0. The van der Waals surface area contributed by atoms with Gasteiger partial charge in [0.15, 0.2) is 0 Å². The molecule has 1 aliphatic rings. The van der Waals surface area contributed by atoms with Gasteiger partial charge < -0.3 is 5.32 Å². The zero-order chi connectivity index (χ0) is 11.4. The maximum Gasteiger partial charge on any atom is 0.0534 e. The molecule has 0 spiro atoms. The molecule has 1 aromatic heterocycles. The smallest absolute Gasteiger partial charge is 0.0534 e. The third-order valence-corrected chi connectivity index (χ3v) is 3.62. The second kappa shape index (κ2) is 5.48. The predicted octanol–water partition coefficient (Wildman–Crippen LogP) is 2.57. The van der Waals surface area contributed by atoms with E-state index in [-0.39, 0.29) is 0 Å². The monoisotopic (exact) mass is 221 g/mol. The van der Waals surface area contributed by atoms with Gasteiger partial charge in [0.05, 0.1) is 6.20 Å². The standard InChI is InChI=1S/C13H23N3/c1-3-16-10-12(9-15-16)8-14-13-6-4-11(2)5-7-13/h9-11,13-14H,3-8H2,1-2H3. The van der Waals surface area contributed by atoms with Gasteiger partial charge in [-0.2, -0.15) is 5.10 Å². The summed E-state index contributed by atoms with van der Waals surface area (Å²) in [6.45, 7) is 6.41. The molecule has 1 N–H and O–H groups in total. The molecular weight excluding hydrogens is 198 g/mol. The van der Waals surface area contributed by atoms with E-state index in [1.807, 2.05) is 10.9 Å². The zero-order valence-corrected chi connectivity index (χ0v) is 10.4. The number of hydrogen-bond donors (Lipinski definition) is 1. The third kappa shape index (κ3) is 3.08. The summed E-state index contributed by atoms with van der Waals surface area (Å²) >= 11 is 0. The van der Waals surface area contributed by atoms with E-state index in [1.165, 1.54) is 31.2 Å². The Hall–Kier alpha value is -0.830. The van der Waals surface area contributed by atoms with Gasteiger partial charge in [-0.05, 0) is 38.5 Å². The van der Waals surface area contributed by atoms with Crippen molar-refractivity contribution in [1.82, 2.24) is 15.1 Å². The van der Waals surface area contributed by atoms with Crippen molar-refractivity contribution in [3.05, 3.63) is 18.0 Å². The van der Waals surface area contributed by atoms with Gasteiger partial charge in [-0.15, -0.1) is 0 Å². The lowest BCUT2D eigenvalue weighted by Gasteiger charge is -2.26. The van der Waals surface area contributed by atoms with Crippen LogP contribution >= 0.6 is 0 Å². The average molecular weight is 221 g/mol. The molecule has 0 atom stereocenters. The minimum Gasteiger partial charge on any atom is -0.310 e. The lowest BCUT2D eigenvalue weighted by atomic mass is 9.87. The number of hydrogen-bond acceptors (Lipinski definition) is 2. The van der Waals surface area contributed by atoms with Crippen molar-refractivity contribution in [3.63, 3.8) is 0 Å². The van der Waals surface area contributed by atoms with Crippen LogP contribution < -0.4 is 5.32 Å². The van der Waals surface area contributed by atoms with Crippen molar-refractivity contribution >= 4 is 0 Å². The first-order chi connectivity index (χ1) is 7.78. The summed E-state index contributed by atoms with van der Waals surface area (Å²) in [5, 5.41) is 7.93. The van der Waals surface area contributed by atoms with Gasteiger partial charge in [0.25, 0.3) is 0 Å². The maximum atomic E-state index is 4.29. The second-order valence-electron chi connectivity index (χ2n) is 5.04. The molecule has 3 nitrogen and oxygen atoms in total. The average Bonchev–Trinajstić information content (AvgIpc) is 2.76. The third-order valence-electron chi connectivity index (χ3n) is 3.62. The van der Waals surface area contributed by atoms with Crippen molar-refractivity contribution in [2.45, 2.75) is 58.7 Å². The predicted molar refractivity (Wildman–Crippen MR) is 66.2 cm³/mol. The zero-order valence-electron chi connectivity index (χ0n) is 10.4. The molecule has 90 valence electrons. The van der Waals surface area contributed by atoms with Gasteiger partial charge in [-0.25, -0.2) is 0 Å². The molecule has 1 aromatic rings. The van der Waals surface area contributed by atoms with E-state index in [0.29, 0.717) is 0 Å². The van der Waals surface area contributed by atoms with Gasteiger partial charge in [0.2, 0.25) is 0 Å². The molecule has 0 unspecified atom stereocenters. The number of nitrogens with zero attached hydrogens (tertiary/aromatic N) is 2. The number of nitrogens with one attached hydrogen (secondary N) is 1. The van der Waals surface area contributed by atoms with E-state index in [2.05, 4.69) is 30.5 Å². The van der Waals surface area contributed by atoms with E-state index in [1.54, 1.807) is 0 Å². The Balaban J connectivity index is 1.74. The normalized spacial score (nSPS) is 25.9. The molecule has 1 fully saturated rings. The molecule has 1 aliphatic carbocycles. The molecule has 0 radical (unpaired) electrons. The topological polar surface area (TPSA) is 29.9 Å². The van der Waals surface area contributed by atoms with Gasteiger partial charge in [-0.3, -0.25) is 4.68 Å². The molecule has 0 amide bonds. The summed E-state index contributed by atoms with van der Waals surface area (Å²) in [6.07, 6.45) is 9.55. The van der Waals surface area contributed by atoms with E-state index in [4.69, 9.17) is 0 Å². The van der Waals surface area contributed by atoms with Crippen molar-refractivity contribution in [2.24, 2.45) is 5.92 Å². The Kier molecular flexibility index (Phi) is 3.99. The molecular formula is C13H23N3. The Morgan fingerprint density at radius 2 is 2.12 bits per heavy atom. The van der Waals surface area contributed by atoms with Crippen molar-refractivity contribution in [1.29, 1.82) is 0 Å². The molecule has 0 saturated heterocycles. The number of aromatic nitrogens is 2. The van der Waals surface area contributed by atoms with Crippen LogP contribution in [-0.2, 0) is 13.1 Å². The van der Waals surface area contributed by atoms with Gasteiger partial charge in [-0.1, -0.05) is 6.92 Å². The van der Waals surface area contributed by atoms with Crippen molar-refractivity contribution < 1.29 is 0 Å². The molecule has 16 heavy (non-hydrogen) atoms. The fourth-order valence-electron chi connectivity index (χ4n) is 2.40. The highest BCUT2D eigenvalue weighted by Crippen LogP contribution is 2.23. The molecule has 0 aromatic carbocycles. The van der Waals surface area contributed by atoms with Gasteiger partial charge >= 0.3 is 0 Å². The first-order valence-electron chi connectivity index (χ1n) is 6.52. The van der Waals surface area contributed by atoms with Crippen LogP contribution in [0.4, 0.5) is 0 Å². The van der Waals surface area contributed by atoms with Gasteiger partial charge in [0, 0.05) is 30.9 Å². The lowest BCUT2D eigenvalue weighted by Crippen LogP contribution is -2.32. The van der Waals surface area contributed by atoms with E-state index >= 15 is 0 Å².